The minimum absolute atomic E-state index is 0.0229. The molecule has 1 amide bonds. The van der Waals surface area contributed by atoms with Crippen LogP contribution in [-0.2, 0) is 28.9 Å². The number of aryl methyl sites for hydroxylation is 2. The van der Waals surface area contributed by atoms with Crippen molar-refractivity contribution < 1.29 is 39.8 Å². The minimum Gasteiger partial charge on any atom is -0.508 e. The highest BCUT2D eigenvalue weighted by Crippen LogP contribution is 2.32. The predicted octanol–water partition coefficient (Wildman–Crippen LogP) is -0.811. The number of carbonyl (C=O) groups excluding carboxylic acids is 1. The van der Waals surface area contributed by atoms with Crippen molar-refractivity contribution >= 4 is 16.9 Å². The minimum atomic E-state index is -1.62. The van der Waals surface area contributed by atoms with E-state index in [0.717, 1.165) is 11.1 Å². The van der Waals surface area contributed by atoms with Crippen LogP contribution in [0.3, 0.4) is 0 Å². The van der Waals surface area contributed by atoms with Gasteiger partial charge in [0.25, 0.3) is 0 Å². The zero-order valence-corrected chi connectivity index (χ0v) is 19.9. The third kappa shape index (κ3) is 5.27. The maximum Gasteiger partial charge on any atom is 0.245 e. The van der Waals surface area contributed by atoms with E-state index >= 15 is 0 Å². The van der Waals surface area contributed by atoms with Gasteiger partial charge in [-0.05, 0) is 42.2 Å². The van der Waals surface area contributed by atoms with Gasteiger partial charge in [-0.15, -0.1) is 5.10 Å². The molecule has 1 aliphatic rings. The van der Waals surface area contributed by atoms with Crippen LogP contribution in [0.4, 0.5) is 0 Å². The molecule has 1 aromatic carbocycles. The predicted molar refractivity (Wildman–Crippen MR) is 126 cm³/mol. The number of hydrogen-bond acceptors (Lipinski definition) is 10. The lowest BCUT2D eigenvalue weighted by Crippen LogP contribution is -2.60. The van der Waals surface area contributed by atoms with Crippen LogP contribution in [0.1, 0.15) is 11.1 Å². The Morgan fingerprint density at radius 3 is 2.47 bits per heavy atom. The van der Waals surface area contributed by atoms with Crippen LogP contribution < -0.4 is 4.74 Å². The second-order valence-electron chi connectivity index (χ2n) is 8.90. The quantitative estimate of drug-likeness (QED) is 0.262. The van der Waals surface area contributed by atoms with E-state index in [2.05, 4.69) is 10.1 Å². The molecule has 194 valence electrons. The Labute approximate surface area is 206 Å². The van der Waals surface area contributed by atoms with Gasteiger partial charge in [-0.1, -0.05) is 12.1 Å². The van der Waals surface area contributed by atoms with E-state index in [1.807, 2.05) is 12.1 Å². The maximum absolute atomic E-state index is 12.4. The van der Waals surface area contributed by atoms with Gasteiger partial charge in [-0.2, -0.15) is 0 Å². The standard InChI is InChI=1S/C24H30N4O8/c1-27(2)17(31)11-28-22-18(14(9-10-25-22)6-3-13-4-7-15(30)8-5-13)23(26-28)36-24-21(34)20(33)19(32)16(12-29)35-24/h4-5,7-10,16,19-21,24,29-30,32-34H,3,6,11-12H2,1-2H3/t16-,19-,20+,21-,24+/m1/s1. The van der Waals surface area contributed by atoms with Gasteiger partial charge in [0.05, 0.1) is 12.0 Å². The van der Waals surface area contributed by atoms with E-state index in [9.17, 15) is 30.3 Å². The highest BCUT2D eigenvalue weighted by Gasteiger charge is 2.45. The van der Waals surface area contributed by atoms with Crippen LogP contribution in [0.25, 0.3) is 11.0 Å². The van der Waals surface area contributed by atoms with Gasteiger partial charge in [-0.25, -0.2) is 9.67 Å². The fourth-order valence-electron chi connectivity index (χ4n) is 4.01. The number of fused-ring (bicyclic) bond motifs is 1. The van der Waals surface area contributed by atoms with Gasteiger partial charge in [0, 0.05) is 20.3 Å². The molecular formula is C24H30N4O8. The number of benzene rings is 1. The molecule has 1 saturated heterocycles. The summed E-state index contributed by atoms with van der Waals surface area (Å²) in [6.07, 6.45) is -4.58. The first-order valence-corrected chi connectivity index (χ1v) is 11.5. The van der Waals surface area contributed by atoms with Crippen molar-refractivity contribution in [2.75, 3.05) is 20.7 Å². The van der Waals surface area contributed by atoms with E-state index in [4.69, 9.17) is 9.47 Å². The largest absolute Gasteiger partial charge is 0.508 e. The number of carbonyl (C=O) groups is 1. The van der Waals surface area contributed by atoms with E-state index < -0.39 is 37.3 Å². The number of aliphatic hydroxyl groups is 4. The maximum atomic E-state index is 12.4. The molecule has 5 atom stereocenters. The van der Waals surface area contributed by atoms with Crippen molar-refractivity contribution in [2.45, 2.75) is 50.1 Å². The van der Waals surface area contributed by atoms with Crippen molar-refractivity contribution in [3.05, 3.63) is 47.7 Å². The van der Waals surface area contributed by atoms with Gasteiger partial charge in [0.15, 0.2) is 5.65 Å². The average molecular weight is 503 g/mol. The van der Waals surface area contributed by atoms with Crippen molar-refractivity contribution in [3.63, 3.8) is 0 Å². The lowest BCUT2D eigenvalue weighted by atomic mass is 9.99. The Kier molecular flexibility index (Phi) is 7.71. The first-order valence-electron chi connectivity index (χ1n) is 11.5. The Balaban J connectivity index is 1.70. The summed E-state index contributed by atoms with van der Waals surface area (Å²) >= 11 is 0. The van der Waals surface area contributed by atoms with Crippen LogP contribution >= 0.6 is 0 Å². The zero-order valence-electron chi connectivity index (χ0n) is 19.9. The second kappa shape index (κ2) is 10.8. The molecule has 1 aliphatic heterocycles. The number of rotatable bonds is 8. The number of aromatic hydroxyl groups is 1. The van der Waals surface area contributed by atoms with Crippen LogP contribution in [0.2, 0.25) is 0 Å². The van der Waals surface area contributed by atoms with Crippen molar-refractivity contribution in [3.8, 4) is 11.6 Å². The molecule has 0 unspecified atom stereocenters. The van der Waals surface area contributed by atoms with Crippen LogP contribution in [-0.4, -0.2) is 103 Å². The van der Waals surface area contributed by atoms with Gasteiger partial charge in [-0.3, -0.25) is 4.79 Å². The van der Waals surface area contributed by atoms with E-state index in [0.29, 0.717) is 23.9 Å². The summed E-state index contributed by atoms with van der Waals surface area (Å²) in [7, 11) is 3.24. The number of hydrogen-bond donors (Lipinski definition) is 5. The first kappa shape index (κ1) is 25.8. The Morgan fingerprint density at radius 2 is 1.81 bits per heavy atom. The number of pyridine rings is 1. The molecule has 0 spiro atoms. The summed E-state index contributed by atoms with van der Waals surface area (Å²) in [5, 5.41) is 54.6. The number of amides is 1. The zero-order chi connectivity index (χ0) is 26.0. The highest BCUT2D eigenvalue weighted by molar-refractivity contribution is 5.86. The summed E-state index contributed by atoms with van der Waals surface area (Å²) in [6, 6.07) is 8.64. The van der Waals surface area contributed by atoms with Crippen LogP contribution in [0, 0.1) is 0 Å². The number of ether oxygens (including phenoxy) is 2. The molecule has 5 N–H and O–H groups in total. The van der Waals surface area contributed by atoms with Crippen molar-refractivity contribution in [1.82, 2.24) is 19.7 Å². The third-order valence-electron chi connectivity index (χ3n) is 6.17. The van der Waals surface area contributed by atoms with Gasteiger partial charge >= 0.3 is 0 Å². The number of phenolic OH excluding ortho intramolecular Hbond substituents is 1. The van der Waals surface area contributed by atoms with E-state index in [1.54, 1.807) is 38.5 Å². The number of aromatic nitrogens is 3. The molecule has 36 heavy (non-hydrogen) atoms. The summed E-state index contributed by atoms with van der Waals surface area (Å²) in [4.78, 5) is 18.2. The molecule has 3 heterocycles. The fraction of sp³-hybridized carbons (Fsp3) is 0.458. The first-order chi connectivity index (χ1) is 17.2. The fourth-order valence-corrected chi connectivity index (χ4v) is 4.01. The van der Waals surface area contributed by atoms with Crippen molar-refractivity contribution in [2.24, 2.45) is 0 Å². The number of likely N-dealkylation sites (N-methyl/N-ethyl adjacent to an activating group) is 1. The molecule has 0 bridgehead atoms. The molecule has 0 radical (unpaired) electrons. The summed E-state index contributed by atoms with van der Waals surface area (Å²) < 4.78 is 12.8. The SMILES string of the molecule is CN(C)C(=O)Cn1nc(O[C@@H]2O[C@H](CO)[C@@H](O)[C@H](O)[C@H]2O)c2c(CCc3ccc(O)cc3)ccnc21. The van der Waals surface area contributed by atoms with Gasteiger partial charge in [0.1, 0.15) is 36.7 Å². The number of nitrogens with zero attached hydrogens (tertiary/aromatic N) is 4. The Hall–Kier alpha value is -3.29. The van der Waals surface area contributed by atoms with Crippen molar-refractivity contribution in [1.29, 1.82) is 0 Å². The normalized spacial score (nSPS) is 24.1. The third-order valence-corrected chi connectivity index (χ3v) is 6.17. The molecule has 3 aromatic rings. The molecule has 12 heteroatoms. The summed E-state index contributed by atoms with van der Waals surface area (Å²) in [5.74, 6) is -0.0307. The monoisotopic (exact) mass is 502 g/mol. The highest BCUT2D eigenvalue weighted by atomic mass is 16.7. The molecule has 4 rings (SSSR count). The number of aliphatic hydroxyl groups excluding tert-OH is 4. The lowest BCUT2D eigenvalue weighted by Gasteiger charge is -2.39. The smallest absolute Gasteiger partial charge is 0.245 e. The summed E-state index contributed by atoms with van der Waals surface area (Å²) in [5.41, 5.74) is 2.17. The van der Waals surface area contributed by atoms with Gasteiger partial charge in [0.2, 0.25) is 18.1 Å². The Morgan fingerprint density at radius 1 is 1.08 bits per heavy atom. The molecule has 12 nitrogen and oxygen atoms in total. The topological polar surface area (TPSA) is 171 Å². The van der Waals surface area contributed by atoms with Crippen LogP contribution in [0.15, 0.2) is 36.5 Å². The number of phenols is 1. The second-order valence-corrected chi connectivity index (χ2v) is 8.90. The van der Waals surface area contributed by atoms with E-state index in [1.165, 1.54) is 9.58 Å². The van der Waals surface area contributed by atoms with E-state index in [-0.39, 0.29) is 24.1 Å². The lowest BCUT2D eigenvalue weighted by molar-refractivity contribution is -0.278. The van der Waals surface area contributed by atoms with Gasteiger partial charge < -0.3 is 39.9 Å². The molecular weight excluding hydrogens is 472 g/mol. The Bertz CT molecular complexity index is 1200. The van der Waals surface area contributed by atoms with Crippen LogP contribution in [0.5, 0.6) is 11.6 Å². The molecule has 2 aromatic heterocycles. The average Bonchev–Trinajstić information content (AvgIpc) is 3.21. The summed E-state index contributed by atoms with van der Waals surface area (Å²) in [6.45, 7) is -0.716. The molecule has 1 fully saturated rings. The molecule has 0 saturated carbocycles. The molecule has 0 aliphatic carbocycles.